The van der Waals surface area contributed by atoms with Crippen LogP contribution in [0.2, 0.25) is 0 Å². The molecule has 5 rings (SSSR count). The molecule has 1 heterocycles. The molecule has 3 aliphatic rings. The lowest BCUT2D eigenvalue weighted by atomic mass is 9.85. The summed E-state index contributed by atoms with van der Waals surface area (Å²) in [6.07, 6.45) is 4.66. The van der Waals surface area contributed by atoms with Crippen molar-refractivity contribution in [3.05, 3.63) is 54.6 Å². The molecule has 2 fully saturated rings. The van der Waals surface area contributed by atoms with E-state index in [0.717, 1.165) is 11.8 Å². The first-order valence-electron chi connectivity index (χ1n) is 8.46. The summed E-state index contributed by atoms with van der Waals surface area (Å²) in [5, 5.41) is 1.69. The Hall–Kier alpha value is -2.51. The highest BCUT2D eigenvalue weighted by atomic mass is 32.2. The number of carbonyl (C=O) groups excluding carboxylic acids is 2. The van der Waals surface area contributed by atoms with Crippen LogP contribution in [0.25, 0.3) is 10.8 Å². The number of amides is 2. The minimum Gasteiger partial charge on any atom is -0.272 e. The topological polar surface area (TPSA) is 80.8 Å². The van der Waals surface area contributed by atoms with E-state index < -0.39 is 33.8 Å². The molecule has 1 saturated carbocycles. The third-order valence-corrected chi connectivity index (χ3v) is 6.86. The fourth-order valence-electron chi connectivity index (χ4n) is 4.50. The van der Waals surface area contributed by atoms with Gasteiger partial charge in [0.1, 0.15) is 4.90 Å². The van der Waals surface area contributed by atoms with Gasteiger partial charge in [-0.3, -0.25) is 9.59 Å². The maximum atomic E-state index is 12.8. The number of imide groups is 1. The summed E-state index contributed by atoms with van der Waals surface area (Å²) < 4.78 is 30.7. The molecule has 2 aromatic rings. The molecule has 2 aliphatic carbocycles. The second kappa shape index (κ2) is 5.25. The van der Waals surface area contributed by atoms with E-state index in [9.17, 15) is 18.0 Å². The van der Waals surface area contributed by atoms with Crippen LogP contribution >= 0.6 is 0 Å². The van der Waals surface area contributed by atoms with E-state index in [4.69, 9.17) is 4.28 Å². The first-order chi connectivity index (χ1) is 12.5. The summed E-state index contributed by atoms with van der Waals surface area (Å²) in [4.78, 5) is 25.2. The quantitative estimate of drug-likeness (QED) is 0.612. The van der Waals surface area contributed by atoms with Crippen LogP contribution in [0.3, 0.4) is 0 Å². The van der Waals surface area contributed by atoms with Crippen LogP contribution in [0.5, 0.6) is 0 Å². The lowest BCUT2D eigenvalue weighted by Crippen LogP contribution is -2.35. The first kappa shape index (κ1) is 15.7. The molecule has 7 heteroatoms. The Morgan fingerprint density at radius 1 is 0.885 bits per heavy atom. The molecule has 6 nitrogen and oxygen atoms in total. The van der Waals surface area contributed by atoms with E-state index in [1.165, 1.54) is 6.07 Å². The predicted molar refractivity (Wildman–Crippen MR) is 91.8 cm³/mol. The summed E-state index contributed by atoms with van der Waals surface area (Å²) in [6, 6.07) is 11.8. The van der Waals surface area contributed by atoms with Gasteiger partial charge in [0.05, 0.1) is 11.8 Å². The molecule has 0 aromatic heterocycles. The number of carbonyl (C=O) groups is 2. The zero-order valence-electron chi connectivity index (χ0n) is 13.6. The molecular weight excluding hydrogens is 354 g/mol. The Morgan fingerprint density at radius 3 is 2.19 bits per heavy atom. The first-order valence-corrected chi connectivity index (χ1v) is 9.87. The van der Waals surface area contributed by atoms with Crippen molar-refractivity contribution in [1.29, 1.82) is 0 Å². The van der Waals surface area contributed by atoms with Crippen LogP contribution in [0.1, 0.15) is 6.42 Å². The molecule has 26 heavy (non-hydrogen) atoms. The van der Waals surface area contributed by atoms with Gasteiger partial charge in [-0.1, -0.05) is 48.6 Å². The Morgan fingerprint density at radius 2 is 1.50 bits per heavy atom. The van der Waals surface area contributed by atoms with Gasteiger partial charge in [-0.2, -0.15) is 8.42 Å². The number of nitrogens with zero attached hydrogens (tertiary/aromatic N) is 1. The lowest BCUT2D eigenvalue weighted by molar-refractivity contribution is -0.166. The van der Waals surface area contributed by atoms with E-state index in [0.29, 0.717) is 10.4 Å². The van der Waals surface area contributed by atoms with Gasteiger partial charge in [-0.25, -0.2) is 0 Å². The van der Waals surface area contributed by atoms with E-state index in [2.05, 4.69) is 0 Å². The second-order valence-electron chi connectivity index (χ2n) is 6.98. The normalized spacial score (nSPS) is 29.8. The molecule has 0 N–H and O–H groups in total. The number of rotatable bonds is 3. The molecule has 4 unspecified atom stereocenters. The molecule has 1 saturated heterocycles. The van der Waals surface area contributed by atoms with Crippen molar-refractivity contribution in [3.63, 3.8) is 0 Å². The van der Waals surface area contributed by atoms with Crippen LogP contribution in [-0.4, -0.2) is 25.3 Å². The number of hydrogen-bond acceptors (Lipinski definition) is 5. The minimum atomic E-state index is -4.32. The molecule has 4 atom stereocenters. The smallest absolute Gasteiger partial charge is 0.272 e. The van der Waals surface area contributed by atoms with Crippen molar-refractivity contribution in [2.45, 2.75) is 11.3 Å². The number of benzene rings is 2. The molecule has 0 spiro atoms. The van der Waals surface area contributed by atoms with Crippen molar-refractivity contribution in [3.8, 4) is 0 Å². The Balaban J connectivity index is 1.51. The lowest BCUT2D eigenvalue weighted by Gasteiger charge is -2.16. The average molecular weight is 369 g/mol. The van der Waals surface area contributed by atoms with Gasteiger partial charge in [0.15, 0.2) is 0 Å². The Bertz CT molecular complexity index is 1050. The summed E-state index contributed by atoms with van der Waals surface area (Å²) in [5.74, 6) is -2.12. The number of hydroxylamine groups is 2. The van der Waals surface area contributed by atoms with Crippen LogP contribution in [0, 0.1) is 23.7 Å². The number of hydrogen-bond donors (Lipinski definition) is 0. The molecule has 2 amide bonds. The second-order valence-corrected chi connectivity index (χ2v) is 8.47. The van der Waals surface area contributed by atoms with Gasteiger partial charge < -0.3 is 0 Å². The van der Waals surface area contributed by atoms with Crippen LogP contribution in [0.15, 0.2) is 59.5 Å². The largest absolute Gasteiger partial charge is 0.318 e. The maximum Gasteiger partial charge on any atom is 0.318 e. The monoisotopic (exact) mass is 369 g/mol. The van der Waals surface area contributed by atoms with Crippen molar-refractivity contribution in [2.24, 2.45) is 23.7 Å². The van der Waals surface area contributed by atoms with Gasteiger partial charge in [0, 0.05) is 5.39 Å². The summed E-state index contributed by atoms with van der Waals surface area (Å²) in [6.45, 7) is 0. The third kappa shape index (κ3) is 2.04. The standard InChI is InChI=1S/C19H15NO5S/c21-18-16-12-8-9-13(10-12)17(16)19(22)20(18)25-26(23,24)15-7-3-5-11-4-1-2-6-14(11)15/h1-9,12-13,16-17H,10H2. The highest BCUT2D eigenvalue weighted by molar-refractivity contribution is 7.87. The summed E-state index contributed by atoms with van der Waals surface area (Å²) >= 11 is 0. The zero-order valence-corrected chi connectivity index (χ0v) is 14.4. The summed E-state index contributed by atoms with van der Waals surface area (Å²) in [7, 11) is -4.32. The van der Waals surface area contributed by atoms with E-state index in [1.54, 1.807) is 36.4 Å². The molecular formula is C19H15NO5S. The average Bonchev–Trinajstić information content (AvgIpc) is 3.31. The van der Waals surface area contributed by atoms with Crippen molar-refractivity contribution in [2.75, 3.05) is 0 Å². The van der Waals surface area contributed by atoms with Gasteiger partial charge in [0.25, 0.3) is 11.8 Å². The van der Waals surface area contributed by atoms with E-state index in [-0.39, 0.29) is 16.7 Å². The van der Waals surface area contributed by atoms with Crippen molar-refractivity contribution in [1.82, 2.24) is 5.06 Å². The number of fused-ring (bicyclic) bond motifs is 6. The third-order valence-electron chi connectivity index (χ3n) is 5.62. The zero-order chi connectivity index (χ0) is 18.1. The molecule has 132 valence electrons. The SMILES string of the molecule is O=C1C2C3C=CC(C3)C2C(=O)N1OS(=O)(=O)c1cccc2ccccc12. The van der Waals surface area contributed by atoms with Gasteiger partial charge in [-0.05, 0) is 29.7 Å². The van der Waals surface area contributed by atoms with Gasteiger partial charge >= 0.3 is 10.1 Å². The van der Waals surface area contributed by atoms with Crippen molar-refractivity contribution < 1.29 is 22.3 Å². The van der Waals surface area contributed by atoms with Gasteiger partial charge in [-0.15, -0.1) is 9.35 Å². The minimum absolute atomic E-state index is 0.00434. The fourth-order valence-corrected chi connectivity index (χ4v) is 5.62. The maximum absolute atomic E-state index is 12.8. The van der Waals surface area contributed by atoms with Crippen LogP contribution in [0.4, 0.5) is 0 Å². The molecule has 2 bridgehead atoms. The van der Waals surface area contributed by atoms with Crippen LogP contribution < -0.4 is 0 Å². The van der Waals surface area contributed by atoms with Gasteiger partial charge in [0.2, 0.25) is 0 Å². The van der Waals surface area contributed by atoms with E-state index in [1.807, 2.05) is 12.2 Å². The van der Waals surface area contributed by atoms with Crippen molar-refractivity contribution >= 4 is 32.7 Å². The number of allylic oxidation sites excluding steroid dienone is 2. The van der Waals surface area contributed by atoms with Crippen LogP contribution in [-0.2, 0) is 24.0 Å². The molecule has 1 aliphatic heterocycles. The highest BCUT2D eigenvalue weighted by Gasteiger charge is 2.60. The Labute approximate surface area is 150 Å². The Kier molecular flexibility index (Phi) is 3.17. The highest BCUT2D eigenvalue weighted by Crippen LogP contribution is 2.52. The van der Waals surface area contributed by atoms with E-state index >= 15 is 0 Å². The predicted octanol–water partition coefficient (Wildman–Crippen LogP) is 2.27. The molecule has 2 aromatic carbocycles. The molecule has 0 radical (unpaired) electrons. The fraction of sp³-hybridized carbons (Fsp3) is 0.263. The summed E-state index contributed by atoms with van der Waals surface area (Å²) in [5.41, 5.74) is 0.